The minimum Gasteiger partial charge on any atom is -0.325 e. The normalized spacial score (nSPS) is 12.2. The molecule has 0 radical (unpaired) electrons. The summed E-state index contributed by atoms with van der Waals surface area (Å²) in [5, 5.41) is 1.85. The number of nitrogens with one attached hydrogen (secondary N) is 1. The lowest BCUT2D eigenvalue weighted by atomic mass is 10.3. The van der Waals surface area contributed by atoms with Gasteiger partial charge in [-0.25, -0.2) is 4.39 Å². The molecule has 1 atom stereocenters. The zero-order chi connectivity index (χ0) is 9.84. The number of rotatable bonds is 2. The summed E-state index contributed by atoms with van der Waals surface area (Å²) < 4.78 is 12.6. The van der Waals surface area contributed by atoms with Crippen molar-refractivity contribution in [3.05, 3.63) is 30.1 Å². The Morgan fingerprint density at radius 3 is 2.85 bits per heavy atom. The minimum absolute atomic E-state index is 0.340. The fraction of sp³-hybridized carbons (Fsp3) is 0.222. The van der Waals surface area contributed by atoms with Gasteiger partial charge in [0.25, 0.3) is 0 Å². The van der Waals surface area contributed by atoms with Crippen LogP contribution in [0, 0.1) is 5.82 Å². The third-order valence-corrected chi connectivity index (χ3v) is 1.65. The largest absolute Gasteiger partial charge is 0.325 e. The maximum atomic E-state index is 12.6. The highest BCUT2D eigenvalue weighted by Crippen LogP contribution is 2.10. The molecule has 1 amide bonds. The smallest absolute Gasteiger partial charge is 0.242 e. The Bertz CT molecular complexity index is 314. The van der Waals surface area contributed by atoms with E-state index in [0.29, 0.717) is 5.69 Å². The molecule has 1 rings (SSSR count). The van der Waals surface area contributed by atoms with E-state index in [2.05, 4.69) is 5.32 Å². The van der Waals surface area contributed by atoms with E-state index in [-0.39, 0.29) is 11.7 Å². The van der Waals surface area contributed by atoms with Crippen LogP contribution in [0.3, 0.4) is 0 Å². The molecule has 70 valence electrons. The summed E-state index contributed by atoms with van der Waals surface area (Å²) in [6.07, 6.45) is 0. The molecule has 0 aromatic heterocycles. The van der Waals surface area contributed by atoms with Gasteiger partial charge in [0, 0.05) is 5.69 Å². The summed E-state index contributed by atoms with van der Waals surface area (Å²) in [5.74, 6) is -0.729. The van der Waals surface area contributed by atoms with E-state index in [4.69, 9.17) is 11.6 Å². The molecule has 0 aliphatic heterocycles. The lowest BCUT2D eigenvalue weighted by molar-refractivity contribution is -0.115. The molecular formula is C9H9ClFNO. The van der Waals surface area contributed by atoms with Gasteiger partial charge in [-0.15, -0.1) is 11.6 Å². The maximum absolute atomic E-state index is 12.6. The molecular weight excluding hydrogens is 193 g/mol. The van der Waals surface area contributed by atoms with Gasteiger partial charge in [0.05, 0.1) is 0 Å². The van der Waals surface area contributed by atoms with Crippen molar-refractivity contribution in [3.63, 3.8) is 0 Å². The molecule has 0 unspecified atom stereocenters. The molecule has 0 saturated heterocycles. The fourth-order valence-corrected chi connectivity index (χ4v) is 0.862. The SMILES string of the molecule is C[C@H](Cl)C(=O)Nc1cccc(F)c1. The molecule has 0 heterocycles. The maximum Gasteiger partial charge on any atom is 0.242 e. The van der Waals surface area contributed by atoms with Crippen LogP contribution in [0.25, 0.3) is 0 Å². The van der Waals surface area contributed by atoms with Crippen LogP contribution in [-0.2, 0) is 4.79 Å². The van der Waals surface area contributed by atoms with E-state index in [1.807, 2.05) is 0 Å². The van der Waals surface area contributed by atoms with Crippen LogP contribution in [-0.4, -0.2) is 11.3 Å². The van der Waals surface area contributed by atoms with Gasteiger partial charge in [0.1, 0.15) is 11.2 Å². The lowest BCUT2D eigenvalue weighted by Gasteiger charge is -2.05. The van der Waals surface area contributed by atoms with E-state index < -0.39 is 5.38 Å². The molecule has 0 spiro atoms. The molecule has 4 heteroatoms. The average molecular weight is 202 g/mol. The van der Waals surface area contributed by atoms with E-state index in [0.717, 1.165) is 0 Å². The quantitative estimate of drug-likeness (QED) is 0.732. The fourth-order valence-electron chi connectivity index (χ4n) is 0.808. The minimum atomic E-state index is -0.622. The highest BCUT2D eigenvalue weighted by Gasteiger charge is 2.08. The van der Waals surface area contributed by atoms with Crippen molar-refractivity contribution in [1.29, 1.82) is 0 Å². The summed E-state index contributed by atoms with van der Waals surface area (Å²) in [5.41, 5.74) is 0.414. The van der Waals surface area contributed by atoms with Crippen molar-refractivity contribution in [2.45, 2.75) is 12.3 Å². The third kappa shape index (κ3) is 3.03. The van der Waals surface area contributed by atoms with Gasteiger partial charge >= 0.3 is 0 Å². The molecule has 1 aromatic rings. The van der Waals surface area contributed by atoms with Gasteiger partial charge in [-0.3, -0.25) is 4.79 Å². The molecule has 1 N–H and O–H groups in total. The summed E-state index contributed by atoms with van der Waals surface area (Å²) in [6, 6.07) is 5.65. The number of alkyl halides is 1. The van der Waals surface area contributed by atoms with Crippen molar-refractivity contribution in [3.8, 4) is 0 Å². The standard InChI is InChI=1S/C9H9ClFNO/c1-6(10)9(13)12-8-4-2-3-7(11)5-8/h2-6H,1H3,(H,12,13)/t6-/m0/s1. The molecule has 2 nitrogen and oxygen atoms in total. The first kappa shape index (κ1) is 9.99. The van der Waals surface area contributed by atoms with Crippen LogP contribution in [0.5, 0.6) is 0 Å². The second-order valence-corrected chi connectivity index (χ2v) is 3.27. The Balaban J connectivity index is 2.69. The number of anilines is 1. The zero-order valence-corrected chi connectivity index (χ0v) is 7.81. The van der Waals surface area contributed by atoms with Crippen molar-refractivity contribution < 1.29 is 9.18 Å². The predicted molar refractivity (Wildman–Crippen MR) is 50.3 cm³/mol. The van der Waals surface area contributed by atoms with Gasteiger partial charge in [0.15, 0.2) is 0 Å². The Morgan fingerprint density at radius 2 is 2.31 bits per heavy atom. The lowest BCUT2D eigenvalue weighted by Crippen LogP contribution is -2.20. The Hall–Kier alpha value is -1.09. The van der Waals surface area contributed by atoms with Crippen LogP contribution in [0.4, 0.5) is 10.1 Å². The molecule has 0 aliphatic rings. The third-order valence-electron chi connectivity index (χ3n) is 1.45. The summed E-state index contributed by atoms with van der Waals surface area (Å²) in [7, 11) is 0. The van der Waals surface area contributed by atoms with Gasteiger partial charge in [-0.2, -0.15) is 0 Å². The van der Waals surface area contributed by atoms with Crippen molar-refractivity contribution in [1.82, 2.24) is 0 Å². The van der Waals surface area contributed by atoms with Crippen molar-refractivity contribution >= 4 is 23.2 Å². The van der Waals surface area contributed by atoms with Crippen LogP contribution in [0.15, 0.2) is 24.3 Å². The van der Waals surface area contributed by atoms with Crippen LogP contribution in [0.2, 0.25) is 0 Å². The van der Waals surface area contributed by atoms with Crippen molar-refractivity contribution in [2.75, 3.05) is 5.32 Å². The Kier molecular flexibility index (Phi) is 3.25. The summed E-state index contributed by atoms with van der Waals surface area (Å²) in [4.78, 5) is 11.1. The highest BCUT2D eigenvalue weighted by atomic mass is 35.5. The van der Waals surface area contributed by atoms with Crippen LogP contribution in [0.1, 0.15) is 6.92 Å². The number of benzene rings is 1. The second-order valence-electron chi connectivity index (χ2n) is 2.62. The van der Waals surface area contributed by atoms with Gasteiger partial charge in [-0.1, -0.05) is 6.07 Å². The van der Waals surface area contributed by atoms with E-state index in [9.17, 15) is 9.18 Å². The average Bonchev–Trinajstić information content (AvgIpc) is 2.04. The van der Waals surface area contributed by atoms with Gasteiger partial charge in [-0.05, 0) is 25.1 Å². The first-order valence-electron chi connectivity index (χ1n) is 3.80. The van der Waals surface area contributed by atoms with Crippen LogP contribution >= 0.6 is 11.6 Å². The first-order valence-corrected chi connectivity index (χ1v) is 4.24. The van der Waals surface area contributed by atoms with Crippen LogP contribution < -0.4 is 5.32 Å². The molecule has 1 aromatic carbocycles. The summed E-state index contributed by atoms with van der Waals surface area (Å²) in [6.45, 7) is 1.55. The number of hydrogen-bond donors (Lipinski definition) is 1. The summed E-state index contributed by atoms with van der Waals surface area (Å²) >= 11 is 5.51. The first-order chi connectivity index (χ1) is 6.09. The number of halogens is 2. The topological polar surface area (TPSA) is 29.1 Å². The Morgan fingerprint density at radius 1 is 1.62 bits per heavy atom. The highest BCUT2D eigenvalue weighted by molar-refractivity contribution is 6.32. The molecule has 0 fully saturated rings. The van der Waals surface area contributed by atoms with Crippen molar-refractivity contribution in [2.24, 2.45) is 0 Å². The molecule has 0 saturated carbocycles. The van der Waals surface area contributed by atoms with E-state index in [1.165, 1.54) is 18.2 Å². The second kappa shape index (κ2) is 4.23. The number of carbonyl (C=O) groups excluding carboxylic acids is 1. The van der Waals surface area contributed by atoms with Gasteiger partial charge in [0.2, 0.25) is 5.91 Å². The number of carbonyl (C=O) groups is 1. The molecule has 0 aliphatic carbocycles. The molecule has 0 bridgehead atoms. The number of hydrogen-bond acceptors (Lipinski definition) is 1. The van der Waals surface area contributed by atoms with E-state index >= 15 is 0 Å². The number of amides is 1. The monoisotopic (exact) mass is 201 g/mol. The zero-order valence-electron chi connectivity index (χ0n) is 7.05. The van der Waals surface area contributed by atoms with Gasteiger partial charge < -0.3 is 5.32 Å². The predicted octanol–water partition coefficient (Wildman–Crippen LogP) is 2.39. The Labute approximate surface area is 80.7 Å². The van der Waals surface area contributed by atoms with E-state index in [1.54, 1.807) is 13.0 Å². The molecule has 13 heavy (non-hydrogen) atoms.